The number of benzene rings is 1. The third-order valence-corrected chi connectivity index (χ3v) is 4.85. The zero-order valence-electron chi connectivity index (χ0n) is 14.2. The zero-order chi connectivity index (χ0) is 16.9. The summed E-state index contributed by atoms with van der Waals surface area (Å²) < 4.78 is 5.89. The van der Waals surface area contributed by atoms with Crippen LogP contribution >= 0.6 is 0 Å². The average Bonchev–Trinajstić information content (AvgIpc) is 3.19. The number of hydrogen-bond donors (Lipinski definition) is 0. The van der Waals surface area contributed by atoms with Gasteiger partial charge in [-0.1, -0.05) is 30.3 Å². The molecule has 3 aromatic rings. The van der Waals surface area contributed by atoms with Crippen molar-refractivity contribution in [1.82, 2.24) is 20.1 Å². The monoisotopic (exact) mass is 334 g/mol. The number of nitrogens with zero attached hydrogens (tertiary/aromatic N) is 4. The number of hydrogen-bond acceptors (Lipinski definition) is 5. The number of aromatic nitrogens is 3. The van der Waals surface area contributed by atoms with Crippen LogP contribution in [-0.2, 0) is 6.42 Å². The van der Waals surface area contributed by atoms with Crippen molar-refractivity contribution in [3.05, 3.63) is 66.3 Å². The van der Waals surface area contributed by atoms with Crippen molar-refractivity contribution in [2.45, 2.75) is 25.2 Å². The number of piperidine rings is 1. The van der Waals surface area contributed by atoms with Crippen LogP contribution in [0.4, 0.5) is 0 Å². The largest absolute Gasteiger partial charge is 0.420 e. The van der Waals surface area contributed by atoms with E-state index in [2.05, 4.69) is 50.4 Å². The summed E-state index contributed by atoms with van der Waals surface area (Å²) in [6, 6.07) is 14.5. The second-order valence-electron chi connectivity index (χ2n) is 6.54. The lowest BCUT2D eigenvalue weighted by atomic mass is 9.96. The Morgan fingerprint density at radius 2 is 1.84 bits per heavy atom. The predicted molar refractivity (Wildman–Crippen MR) is 96.1 cm³/mol. The van der Waals surface area contributed by atoms with Gasteiger partial charge in [-0.25, -0.2) is 0 Å². The predicted octanol–water partition coefficient (Wildman–Crippen LogP) is 3.55. The fourth-order valence-electron chi connectivity index (χ4n) is 3.34. The smallest absolute Gasteiger partial charge is 0.249 e. The summed E-state index contributed by atoms with van der Waals surface area (Å²) >= 11 is 0. The minimum Gasteiger partial charge on any atom is -0.420 e. The normalized spacial score (nSPS) is 16.2. The third-order valence-electron chi connectivity index (χ3n) is 4.85. The van der Waals surface area contributed by atoms with Crippen molar-refractivity contribution in [2.75, 3.05) is 19.6 Å². The second kappa shape index (κ2) is 7.57. The van der Waals surface area contributed by atoms with Crippen LogP contribution in [0.25, 0.3) is 11.5 Å². The summed E-state index contributed by atoms with van der Waals surface area (Å²) in [5.41, 5.74) is 2.28. The number of likely N-dealkylation sites (tertiary alicyclic amines) is 1. The summed E-state index contributed by atoms with van der Waals surface area (Å²) in [7, 11) is 0. The molecule has 0 unspecified atom stereocenters. The van der Waals surface area contributed by atoms with Crippen LogP contribution in [0.5, 0.6) is 0 Å². The summed E-state index contributed by atoms with van der Waals surface area (Å²) in [6.07, 6.45) is 6.75. The molecule has 0 radical (unpaired) electrons. The van der Waals surface area contributed by atoms with E-state index in [0.29, 0.717) is 11.8 Å². The van der Waals surface area contributed by atoms with Gasteiger partial charge in [-0.3, -0.25) is 4.98 Å². The molecule has 0 N–H and O–H groups in total. The summed E-state index contributed by atoms with van der Waals surface area (Å²) in [5, 5.41) is 8.46. The Labute approximate surface area is 147 Å². The molecule has 2 aromatic heterocycles. The second-order valence-corrected chi connectivity index (χ2v) is 6.54. The highest BCUT2D eigenvalue weighted by molar-refractivity contribution is 5.49. The molecule has 25 heavy (non-hydrogen) atoms. The number of pyridine rings is 1. The molecule has 3 heterocycles. The molecule has 4 rings (SSSR count). The first-order chi connectivity index (χ1) is 12.4. The van der Waals surface area contributed by atoms with Crippen molar-refractivity contribution in [2.24, 2.45) is 0 Å². The maximum absolute atomic E-state index is 5.89. The fourth-order valence-corrected chi connectivity index (χ4v) is 3.34. The van der Waals surface area contributed by atoms with Crippen LogP contribution in [0.1, 0.15) is 30.2 Å². The van der Waals surface area contributed by atoms with Gasteiger partial charge in [0.25, 0.3) is 0 Å². The van der Waals surface area contributed by atoms with Crippen molar-refractivity contribution in [3.63, 3.8) is 0 Å². The molecule has 0 amide bonds. The molecular weight excluding hydrogens is 312 g/mol. The van der Waals surface area contributed by atoms with Gasteiger partial charge in [0.2, 0.25) is 11.8 Å². The number of rotatable bonds is 5. The van der Waals surface area contributed by atoms with E-state index in [9.17, 15) is 0 Å². The lowest BCUT2D eigenvalue weighted by Crippen LogP contribution is -2.34. The summed E-state index contributed by atoms with van der Waals surface area (Å²) in [4.78, 5) is 6.63. The molecule has 128 valence electrons. The molecule has 1 fully saturated rings. The van der Waals surface area contributed by atoms with E-state index < -0.39 is 0 Å². The first-order valence-corrected chi connectivity index (χ1v) is 8.88. The molecule has 1 aromatic carbocycles. The Hall–Kier alpha value is -2.53. The van der Waals surface area contributed by atoms with Gasteiger partial charge in [0.15, 0.2) is 0 Å². The van der Waals surface area contributed by atoms with E-state index in [4.69, 9.17) is 4.42 Å². The topological polar surface area (TPSA) is 55.1 Å². The molecule has 0 atom stereocenters. The molecule has 5 nitrogen and oxygen atoms in total. The van der Waals surface area contributed by atoms with Crippen molar-refractivity contribution < 1.29 is 4.42 Å². The molecule has 1 saturated heterocycles. The van der Waals surface area contributed by atoms with Gasteiger partial charge in [-0.15, -0.1) is 10.2 Å². The maximum Gasteiger partial charge on any atom is 0.249 e. The van der Waals surface area contributed by atoms with Crippen LogP contribution in [0.15, 0.2) is 59.3 Å². The van der Waals surface area contributed by atoms with Gasteiger partial charge in [0.1, 0.15) is 0 Å². The molecule has 0 saturated carbocycles. The van der Waals surface area contributed by atoms with E-state index in [1.54, 1.807) is 12.4 Å². The van der Waals surface area contributed by atoms with Gasteiger partial charge in [0.05, 0.1) is 5.56 Å². The van der Waals surface area contributed by atoms with Crippen LogP contribution < -0.4 is 0 Å². The van der Waals surface area contributed by atoms with E-state index in [-0.39, 0.29) is 0 Å². The lowest BCUT2D eigenvalue weighted by molar-refractivity contribution is 0.202. The van der Waals surface area contributed by atoms with Crippen LogP contribution in [0.3, 0.4) is 0 Å². The Morgan fingerprint density at radius 1 is 1.00 bits per heavy atom. The van der Waals surface area contributed by atoms with Crippen molar-refractivity contribution in [3.8, 4) is 11.5 Å². The van der Waals surface area contributed by atoms with E-state index in [0.717, 1.165) is 50.4 Å². The van der Waals surface area contributed by atoms with E-state index in [1.807, 2.05) is 12.1 Å². The Balaban J connectivity index is 1.31. The molecule has 0 bridgehead atoms. The molecule has 0 aliphatic carbocycles. The highest BCUT2D eigenvalue weighted by Crippen LogP contribution is 2.29. The van der Waals surface area contributed by atoms with Crippen LogP contribution in [0.2, 0.25) is 0 Å². The molecular formula is C20H22N4O. The van der Waals surface area contributed by atoms with E-state index in [1.165, 1.54) is 5.56 Å². The van der Waals surface area contributed by atoms with Gasteiger partial charge in [-0.05, 0) is 50.0 Å². The zero-order valence-corrected chi connectivity index (χ0v) is 14.2. The Bertz CT molecular complexity index is 780. The van der Waals surface area contributed by atoms with Crippen LogP contribution in [-0.4, -0.2) is 39.7 Å². The summed E-state index contributed by atoms with van der Waals surface area (Å²) in [5.74, 6) is 1.70. The molecule has 5 heteroatoms. The SMILES string of the molecule is c1ccc(CCN2CCC(c3nnc(-c4cccnc4)o3)CC2)cc1. The Morgan fingerprint density at radius 3 is 2.60 bits per heavy atom. The average molecular weight is 334 g/mol. The van der Waals surface area contributed by atoms with Crippen molar-refractivity contribution >= 4 is 0 Å². The highest BCUT2D eigenvalue weighted by Gasteiger charge is 2.25. The molecule has 1 aliphatic heterocycles. The van der Waals surface area contributed by atoms with Crippen molar-refractivity contribution in [1.29, 1.82) is 0 Å². The molecule has 1 aliphatic rings. The lowest BCUT2D eigenvalue weighted by Gasteiger charge is -2.30. The van der Waals surface area contributed by atoms with Gasteiger partial charge >= 0.3 is 0 Å². The molecule has 0 spiro atoms. The first kappa shape index (κ1) is 16.0. The quantitative estimate of drug-likeness (QED) is 0.714. The standard InChI is InChI=1S/C20H22N4O/c1-2-5-16(6-3-1)8-12-24-13-9-17(10-14-24)19-22-23-20(25-19)18-7-4-11-21-15-18/h1-7,11,15,17H,8-10,12-14H2. The highest BCUT2D eigenvalue weighted by atomic mass is 16.4. The Kier molecular flexibility index (Phi) is 4.84. The van der Waals surface area contributed by atoms with Crippen LogP contribution in [0, 0.1) is 0 Å². The van der Waals surface area contributed by atoms with Gasteiger partial charge in [-0.2, -0.15) is 0 Å². The van der Waals surface area contributed by atoms with Gasteiger partial charge in [0, 0.05) is 24.9 Å². The fraction of sp³-hybridized carbons (Fsp3) is 0.350. The maximum atomic E-state index is 5.89. The summed E-state index contributed by atoms with van der Waals surface area (Å²) in [6.45, 7) is 3.28. The minimum absolute atomic E-state index is 0.367. The van der Waals surface area contributed by atoms with Gasteiger partial charge < -0.3 is 9.32 Å². The third kappa shape index (κ3) is 3.94. The minimum atomic E-state index is 0.367. The van der Waals surface area contributed by atoms with E-state index >= 15 is 0 Å². The first-order valence-electron chi connectivity index (χ1n) is 8.88.